The Morgan fingerprint density at radius 2 is 2.07 bits per heavy atom. The molecule has 0 heterocycles. The van der Waals surface area contributed by atoms with Crippen LogP contribution in [0.4, 0.5) is 4.79 Å². The van der Waals surface area contributed by atoms with Crippen molar-refractivity contribution in [3.05, 3.63) is 32.9 Å². The van der Waals surface area contributed by atoms with Gasteiger partial charge < -0.3 is 24.2 Å². The highest BCUT2D eigenvalue weighted by Crippen LogP contribution is 2.38. The molecule has 0 aliphatic heterocycles. The average molecular weight is 517 g/mol. The van der Waals surface area contributed by atoms with Crippen molar-refractivity contribution in [2.75, 3.05) is 20.8 Å². The van der Waals surface area contributed by atoms with E-state index in [0.29, 0.717) is 24.5 Å². The minimum Gasteiger partial charge on any atom is -0.493 e. The second-order valence-corrected chi connectivity index (χ2v) is 9.28. The standard InChI is InChI=1S/C22H32INO5/c1-22(2,3)29-21(26)24(4)14-16-10-11-18(27-5)20(19(16)23)28-17-9-7-6-8-15(17)12-13-25/h8,10-11,17,25H,6-7,9,12-14H2,1-5H3/t17-/m0/s1. The normalized spacial score (nSPS) is 16.8. The second kappa shape index (κ2) is 10.5. The van der Waals surface area contributed by atoms with Gasteiger partial charge in [0.15, 0.2) is 11.5 Å². The van der Waals surface area contributed by atoms with Gasteiger partial charge in [-0.2, -0.15) is 0 Å². The fourth-order valence-electron chi connectivity index (χ4n) is 3.21. The summed E-state index contributed by atoms with van der Waals surface area (Å²) in [5.74, 6) is 1.34. The van der Waals surface area contributed by atoms with Crippen LogP contribution in [0.5, 0.6) is 11.5 Å². The molecule has 0 radical (unpaired) electrons. The molecule has 7 heteroatoms. The second-order valence-electron chi connectivity index (χ2n) is 8.20. The minimum atomic E-state index is -0.539. The Hall–Kier alpha value is -1.48. The topological polar surface area (TPSA) is 68.2 Å². The van der Waals surface area contributed by atoms with E-state index in [2.05, 4.69) is 28.7 Å². The van der Waals surface area contributed by atoms with Gasteiger partial charge in [-0.15, -0.1) is 0 Å². The molecule has 0 saturated heterocycles. The van der Waals surface area contributed by atoms with Crippen LogP contribution >= 0.6 is 22.6 Å². The molecule has 1 N–H and O–H groups in total. The molecule has 0 saturated carbocycles. The lowest BCUT2D eigenvalue weighted by Crippen LogP contribution is -2.34. The first kappa shape index (κ1) is 23.8. The van der Waals surface area contributed by atoms with Crippen molar-refractivity contribution >= 4 is 28.7 Å². The lowest BCUT2D eigenvalue weighted by atomic mass is 9.94. The first-order chi connectivity index (χ1) is 13.7. The third kappa shape index (κ3) is 6.77. The highest BCUT2D eigenvalue weighted by Gasteiger charge is 2.25. The quantitative estimate of drug-likeness (QED) is 0.412. The summed E-state index contributed by atoms with van der Waals surface area (Å²) in [5.41, 5.74) is 1.55. The molecule has 1 amide bonds. The number of hydrogen-bond donors (Lipinski definition) is 1. The summed E-state index contributed by atoms with van der Waals surface area (Å²) in [6, 6.07) is 3.81. The molecule has 1 atom stereocenters. The lowest BCUT2D eigenvalue weighted by Gasteiger charge is -2.28. The summed E-state index contributed by atoms with van der Waals surface area (Å²) in [4.78, 5) is 13.9. The number of aliphatic hydroxyl groups is 1. The van der Waals surface area contributed by atoms with Crippen molar-refractivity contribution in [2.45, 2.75) is 64.7 Å². The third-order valence-corrected chi connectivity index (χ3v) is 5.81. The van der Waals surface area contributed by atoms with Crippen molar-refractivity contribution in [1.29, 1.82) is 0 Å². The molecule has 1 aliphatic rings. The number of carbonyl (C=O) groups is 1. The molecule has 0 aromatic heterocycles. The number of allylic oxidation sites excluding steroid dienone is 1. The van der Waals surface area contributed by atoms with Crippen molar-refractivity contribution in [1.82, 2.24) is 4.90 Å². The molecule has 2 rings (SSSR count). The first-order valence-electron chi connectivity index (χ1n) is 9.92. The van der Waals surface area contributed by atoms with Gasteiger partial charge in [0.1, 0.15) is 11.7 Å². The monoisotopic (exact) mass is 517 g/mol. The van der Waals surface area contributed by atoms with E-state index in [1.807, 2.05) is 32.9 Å². The Morgan fingerprint density at radius 1 is 1.34 bits per heavy atom. The van der Waals surface area contributed by atoms with Crippen LogP contribution in [0, 0.1) is 3.57 Å². The van der Waals surface area contributed by atoms with Crippen molar-refractivity contribution in [3.63, 3.8) is 0 Å². The first-order valence-corrected chi connectivity index (χ1v) is 11.0. The average Bonchev–Trinajstić information content (AvgIpc) is 2.65. The SMILES string of the molecule is COc1ccc(CN(C)C(=O)OC(C)(C)C)c(I)c1O[C@H]1CCCC=C1CCO. The van der Waals surface area contributed by atoms with E-state index >= 15 is 0 Å². The van der Waals surface area contributed by atoms with E-state index in [0.717, 1.165) is 34.0 Å². The molecule has 29 heavy (non-hydrogen) atoms. The highest BCUT2D eigenvalue weighted by atomic mass is 127. The van der Waals surface area contributed by atoms with Gasteiger partial charge in [-0.25, -0.2) is 4.79 Å². The summed E-state index contributed by atoms with van der Waals surface area (Å²) in [6.07, 6.45) is 5.33. The summed E-state index contributed by atoms with van der Waals surface area (Å²) < 4.78 is 18.3. The molecular formula is C22H32INO5. The van der Waals surface area contributed by atoms with E-state index in [4.69, 9.17) is 14.2 Å². The summed E-state index contributed by atoms with van der Waals surface area (Å²) in [6.45, 7) is 6.06. The fraction of sp³-hybridized carbons (Fsp3) is 0.591. The van der Waals surface area contributed by atoms with Gasteiger partial charge in [-0.05, 0) is 86.2 Å². The maximum absolute atomic E-state index is 12.3. The van der Waals surface area contributed by atoms with Crippen LogP contribution < -0.4 is 9.47 Å². The summed E-state index contributed by atoms with van der Waals surface area (Å²) in [5, 5.41) is 9.36. The maximum atomic E-state index is 12.3. The van der Waals surface area contributed by atoms with Crippen LogP contribution in [-0.2, 0) is 11.3 Å². The van der Waals surface area contributed by atoms with Gasteiger partial charge in [0.25, 0.3) is 0 Å². The van der Waals surface area contributed by atoms with E-state index in [1.54, 1.807) is 19.1 Å². The number of methoxy groups -OCH3 is 1. The number of rotatable bonds is 7. The third-order valence-electron chi connectivity index (χ3n) is 4.62. The molecule has 0 unspecified atom stereocenters. The van der Waals surface area contributed by atoms with E-state index < -0.39 is 5.60 Å². The van der Waals surface area contributed by atoms with Crippen molar-refractivity contribution < 1.29 is 24.1 Å². The molecule has 0 spiro atoms. The van der Waals surface area contributed by atoms with Gasteiger partial charge >= 0.3 is 6.09 Å². The Kier molecular flexibility index (Phi) is 8.63. The van der Waals surface area contributed by atoms with Crippen LogP contribution in [0.1, 0.15) is 52.0 Å². The van der Waals surface area contributed by atoms with Gasteiger partial charge in [0, 0.05) is 20.2 Å². The zero-order valence-electron chi connectivity index (χ0n) is 18.0. The minimum absolute atomic E-state index is 0.0721. The molecule has 1 aromatic rings. The number of aliphatic hydroxyl groups excluding tert-OH is 1. The van der Waals surface area contributed by atoms with Crippen molar-refractivity contribution in [2.24, 2.45) is 0 Å². The lowest BCUT2D eigenvalue weighted by molar-refractivity contribution is 0.0284. The Morgan fingerprint density at radius 3 is 2.69 bits per heavy atom. The number of carbonyl (C=O) groups excluding carboxylic acids is 1. The molecule has 0 bridgehead atoms. The molecule has 162 valence electrons. The van der Waals surface area contributed by atoms with E-state index in [9.17, 15) is 9.90 Å². The van der Waals surface area contributed by atoms with Gasteiger partial charge in [0.05, 0.1) is 10.7 Å². The van der Waals surface area contributed by atoms with Crippen LogP contribution in [-0.4, -0.2) is 48.6 Å². The number of benzene rings is 1. The Bertz CT molecular complexity index is 741. The summed E-state index contributed by atoms with van der Waals surface area (Å²) in [7, 11) is 3.34. The van der Waals surface area contributed by atoms with Crippen molar-refractivity contribution in [3.8, 4) is 11.5 Å². The summed E-state index contributed by atoms with van der Waals surface area (Å²) >= 11 is 2.25. The molecule has 1 aliphatic carbocycles. The van der Waals surface area contributed by atoms with Crippen LogP contribution in [0.15, 0.2) is 23.8 Å². The van der Waals surface area contributed by atoms with E-state index in [1.165, 1.54) is 0 Å². The number of hydrogen-bond acceptors (Lipinski definition) is 5. The molecular weight excluding hydrogens is 485 g/mol. The Labute approximate surface area is 187 Å². The number of nitrogens with zero attached hydrogens (tertiary/aromatic N) is 1. The van der Waals surface area contributed by atoms with Crippen LogP contribution in [0.3, 0.4) is 0 Å². The maximum Gasteiger partial charge on any atom is 0.410 e. The zero-order chi connectivity index (χ0) is 21.6. The predicted octanol–water partition coefficient (Wildman–Crippen LogP) is 4.91. The number of amides is 1. The molecule has 6 nitrogen and oxygen atoms in total. The van der Waals surface area contributed by atoms with Crippen LogP contribution in [0.25, 0.3) is 0 Å². The number of halogens is 1. The van der Waals surface area contributed by atoms with Crippen LogP contribution in [0.2, 0.25) is 0 Å². The van der Waals surface area contributed by atoms with Gasteiger partial charge in [-0.3, -0.25) is 0 Å². The largest absolute Gasteiger partial charge is 0.493 e. The fourth-order valence-corrected chi connectivity index (χ4v) is 3.95. The highest BCUT2D eigenvalue weighted by molar-refractivity contribution is 14.1. The predicted molar refractivity (Wildman–Crippen MR) is 121 cm³/mol. The van der Waals surface area contributed by atoms with Gasteiger partial charge in [0.2, 0.25) is 0 Å². The number of ether oxygens (including phenoxy) is 3. The molecule has 0 fully saturated rings. The zero-order valence-corrected chi connectivity index (χ0v) is 20.1. The van der Waals surface area contributed by atoms with Gasteiger partial charge in [-0.1, -0.05) is 12.1 Å². The smallest absolute Gasteiger partial charge is 0.410 e. The molecule has 1 aromatic carbocycles. The van der Waals surface area contributed by atoms with E-state index in [-0.39, 0.29) is 18.8 Å². The Balaban J connectivity index is 2.24.